The van der Waals surface area contributed by atoms with Gasteiger partial charge in [-0.05, 0) is 26.3 Å². The Balaban J connectivity index is 4.70. The molecule has 0 aliphatic rings. The molecule has 0 spiro atoms. The summed E-state index contributed by atoms with van der Waals surface area (Å²) in [6, 6.07) is 0. The van der Waals surface area contributed by atoms with Crippen LogP contribution in [0, 0.1) is 5.41 Å². The molecule has 1 heteroatoms. The standard InChI is InChI=1S/C13H23N/c1-10(2)8-11(3)9-12(14-7)13(4,5)6/h9H,1,8H2,2-7H3/b11-9+,14-12+. The van der Waals surface area contributed by atoms with Gasteiger partial charge in [0.05, 0.1) is 0 Å². The summed E-state index contributed by atoms with van der Waals surface area (Å²) in [4.78, 5) is 4.32. The Morgan fingerprint density at radius 2 is 1.79 bits per heavy atom. The summed E-state index contributed by atoms with van der Waals surface area (Å²) >= 11 is 0. The van der Waals surface area contributed by atoms with Crippen molar-refractivity contribution in [1.29, 1.82) is 0 Å². The Morgan fingerprint density at radius 1 is 1.29 bits per heavy atom. The lowest BCUT2D eigenvalue weighted by molar-refractivity contribution is 0.593. The first-order valence-electron chi connectivity index (χ1n) is 5.06. The fourth-order valence-corrected chi connectivity index (χ4v) is 1.38. The van der Waals surface area contributed by atoms with E-state index in [1.54, 1.807) is 0 Å². The molecule has 0 atom stereocenters. The summed E-state index contributed by atoms with van der Waals surface area (Å²) in [7, 11) is 1.85. The monoisotopic (exact) mass is 193 g/mol. The van der Waals surface area contributed by atoms with E-state index in [2.05, 4.69) is 52.3 Å². The van der Waals surface area contributed by atoms with E-state index >= 15 is 0 Å². The summed E-state index contributed by atoms with van der Waals surface area (Å²) in [5.41, 5.74) is 3.80. The molecular formula is C13H23N. The molecule has 0 rings (SSSR count). The molecule has 1 nitrogen and oxygen atoms in total. The van der Waals surface area contributed by atoms with E-state index in [1.807, 2.05) is 7.05 Å². The summed E-state index contributed by atoms with van der Waals surface area (Å²) < 4.78 is 0. The number of allylic oxidation sites excluding steroid dienone is 3. The molecule has 0 aromatic heterocycles. The van der Waals surface area contributed by atoms with Gasteiger partial charge in [-0.3, -0.25) is 4.99 Å². The van der Waals surface area contributed by atoms with Crippen LogP contribution in [0.5, 0.6) is 0 Å². The van der Waals surface area contributed by atoms with Crippen molar-refractivity contribution in [1.82, 2.24) is 0 Å². The topological polar surface area (TPSA) is 12.4 Å². The minimum Gasteiger partial charge on any atom is -0.293 e. The number of hydrogen-bond acceptors (Lipinski definition) is 1. The number of rotatable bonds is 3. The Kier molecular flexibility index (Phi) is 4.82. The second-order valence-corrected chi connectivity index (χ2v) is 4.98. The van der Waals surface area contributed by atoms with Gasteiger partial charge in [0.1, 0.15) is 0 Å². The number of nitrogens with zero attached hydrogens (tertiary/aromatic N) is 1. The largest absolute Gasteiger partial charge is 0.293 e. The normalized spacial score (nSPS) is 14.4. The van der Waals surface area contributed by atoms with Crippen LogP contribution in [-0.2, 0) is 0 Å². The van der Waals surface area contributed by atoms with Crippen LogP contribution in [0.3, 0.4) is 0 Å². The van der Waals surface area contributed by atoms with Crippen molar-refractivity contribution in [3.63, 3.8) is 0 Å². The van der Waals surface area contributed by atoms with Gasteiger partial charge in [-0.2, -0.15) is 0 Å². The van der Waals surface area contributed by atoms with Crippen molar-refractivity contribution in [2.45, 2.75) is 41.0 Å². The van der Waals surface area contributed by atoms with Crippen molar-refractivity contribution in [2.24, 2.45) is 10.4 Å². The molecule has 0 saturated carbocycles. The highest BCUT2D eigenvalue weighted by Crippen LogP contribution is 2.19. The molecule has 80 valence electrons. The quantitative estimate of drug-likeness (QED) is 0.474. The Morgan fingerprint density at radius 3 is 2.07 bits per heavy atom. The third-order valence-electron chi connectivity index (χ3n) is 1.97. The van der Waals surface area contributed by atoms with E-state index in [9.17, 15) is 0 Å². The zero-order valence-electron chi connectivity index (χ0n) is 10.4. The van der Waals surface area contributed by atoms with E-state index in [0.717, 1.165) is 12.1 Å². The molecule has 0 radical (unpaired) electrons. The van der Waals surface area contributed by atoms with E-state index in [-0.39, 0.29) is 5.41 Å². The van der Waals surface area contributed by atoms with Gasteiger partial charge in [0.2, 0.25) is 0 Å². The fraction of sp³-hybridized carbons (Fsp3) is 0.615. The van der Waals surface area contributed by atoms with Crippen LogP contribution in [0.2, 0.25) is 0 Å². The molecule has 0 aliphatic heterocycles. The minimum atomic E-state index is 0.130. The van der Waals surface area contributed by atoms with E-state index in [4.69, 9.17) is 0 Å². The van der Waals surface area contributed by atoms with Crippen molar-refractivity contribution in [3.8, 4) is 0 Å². The molecule has 0 N–H and O–H groups in total. The maximum Gasteiger partial charge on any atom is 0.0397 e. The average Bonchev–Trinajstić information content (AvgIpc) is 1.96. The molecule has 0 aromatic carbocycles. The molecule has 0 saturated heterocycles. The van der Waals surface area contributed by atoms with Crippen LogP contribution in [0.1, 0.15) is 41.0 Å². The highest BCUT2D eigenvalue weighted by Gasteiger charge is 2.15. The lowest BCUT2D eigenvalue weighted by Crippen LogP contribution is -2.18. The fourth-order valence-electron chi connectivity index (χ4n) is 1.38. The SMILES string of the molecule is C=C(C)C/C(C)=C/C(=N\C)C(C)(C)C. The molecule has 0 bridgehead atoms. The smallest absolute Gasteiger partial charge is 0.0397 e. The van der Waals surface area contributed by atoms with Crippen molar-refractivity contribution in [3.05, 3.63) is 23.8 Å². The highest BCUT2D eigenvalue weighted by molar-refractivity contribution is 5.99. The van der Waals surface area contributed by atoms with E-state index in [0.29, 0.717) is 0 Å². The highest BCUT2D eigenvalue weighted by atomic mass is 14.7. The molecule has 0 aromatic rings. The van der Waals surface area contributed by atoms with Gasteiger partial charge in [0, 0.05) is 18.2 Å². The Labute approximate surface area is 88.6 Å². The molecule has 0 aliphatic carbocycles. The maximum atomic E-state index is 4.32. The van der Waals surface area contributed by atoms with Crippen LogP contribution in [0.4, 0.5) is 0 Å². The third-order valence-corrected chi connectivity index (χ3v) is 1.97. The third kappa shape index (κ3) is 5.00. The Bertz CT molecular complexity index is 261. The zero-order chi connectivity index (χ0) is 11.4. The molecule has 0 fully saturated rings. The van der Waals surface area contributed by atoms with Crippen LogP contribution < -0.4 is 0 Å². The van der Waals surface area contributed by atoms with Gasteiger partial charge < -0.3 is 0 Å². The Hall–Kier alpha value is -0.850. The number of aliphatic imine (C=N–C) groups is 1. The van der Waals surface area contributed by atoms with E-state index < -0.39 is 0 Å². The summed E-state index contributed by atoms with van der Waals surface area (Å²) in [5.74, 6) is 0. The van der Waals surface area contributed by atoms with Gasteiger partial charge in [-0.15, -0.1) is 0 Å². The first-order valence-corrected chi connectivity index (χ1v) is 5.06. The maximum absolute atomic E-state index is 4.32. The molecule has 0 unspecified atom stereocenters. The van der Waals surface area contributed by atoms with Crippen molar-refractivity contribution < 1.29 is 0 Å². The van der Waals surface area contributed by atoms with Crippen LogP contribution in [0.25, 0.3) is 0 Å². The van der Waals surface area contributed by atoms with Crippen LogP contribution in [-0.4, -0.2) is 12.8 Å². The first kappa shape index (κ1) is 13.2. The lowest BCUT2D eigenvalue weighted by Gasteiger charge is -2.19. The summed E-state index contributed by atoms with van der Waals surface area (Å²) in [6.07, 6.45) is 3.14. The van der Waals surface area contributed by atoms with Crippen molar-refractivity contribution in [2.75, 3.05) is 7.05 Å². The van der Waals surface area contributed by atoms with Gasteiger partial charge in [-0.25, -0.2) is 0 Å². The molecule has 14 heavy (non-hydrogen) atoms. The summed E-state index contributed by atoms with van der Waals surface area (Å²) in [5, 5.41) is 0. The van der Waals surface area contributed by atoms with Gasteiger partial charge in [0.15, 0.2) is 0 Å². The van der Waals surface area contributed by atoms with Gasteiger partial charge >= 0.3 is 0 Å². The average molecular weight is 193 g/mol. The van der Waals surface area contributed by atoms with Crippen LogP contribution >= 0.6 is 0 Å². The minimum absolute atomic E-state index is 0.130. The predicted octanol–water partition coefficient (Wildman–Crippen LogP) is 4.02. The van der Waals surface area contributed by atoms with Gasteiger partial charge in [-0.1, -0.05) is 38.5 Å². The number of hydrogen-bond donors (Lipinski definition) is 0. The molecule has 0 heterocycles. The second-order valence-electron chi connectivity index (χ2n) is 4.98. The lowest BCUT2D eigenvalue weighted by atomic mass is 9.88. The van der Waals surface area contributed by atoms with E-state index in [1.165, 1.54) is 11.1 Å². The zero-order valence-corrected chi connectivity index (χ0v) is 10.4. The molecule has 0 amide bonds. The van der Waals surface area contributed by atoms with Gasteiger partial charge in [0.25, 0.3) is 0 Å². The summed E-state index contributed by atoms with van der Waals surface area (Å²) in [6.45, 7) is 14.6. The second kappa shape index (κ2) is 5.14. The van der Waals surface area contributed by atoms with Crippen LogP contribution in [0.15, 0.2) is 28.8 Å². The predicted molar refractivity (Wildman–Crippen MR) is 66.0 cm³/mol. The van der Waals surface area contributed by atoms with Crippen molar-refractivity contribution >= 4 is 5.71 Å². The molecular weight excluding hydrogens is 170 g/mol. The first-order chi connectivity index (χ1) is 6.27.